The average molecular weight is 1130 g/mol. The Morgan fingerprint density at radius 1 is 0.595 bits per heavy atom. The van der Waals surface area contributed by atoms with Crippen LogP contribution in [0.15, 0.2) is 73.1 Å². The normalized spacial score (nSPS) is 28.6. The molecule has 2 saturated heterocycles. The Labute approximate surface area is 464 Å². The maximum Gasteiger partial charge on any atom is 0.325 e. The van der Waals surface area contributed by atoms with Crippen molar-refractivity contribution in [1.29, 1.82) is 0 Å². The summed E-state index contributed by atoms with van der Waals surface area (Å²) in [4.78, 5) is 87.4. The molecule has 0 aliphatic carbocycles. The van der Waals surface area contributed by atoms with Gasteiger partial charge < -0.3 is 20.7 Å². The summed E-state index contributed by atoms with van der Waals surface area (Å²) < 4.78 is 50.0. The van der Waals surface area contributed by atoms with E-state index >= 15 is 0 Å². The molecule has 7 N–H and O–H groups in total. The second kappa shape index (κ2) is 26.6. The first-order valence-electron chi connectivity index (χ1n) is 26.4. The number of esters is 1. The highest BCUT2D eigenvalue weighted by molar-refractivity contribution is 7.98. The zero-order chi connectivity index (χ0) is 56.6. The molecule has 4 aliphatic heterocycles. The molecular weight excluding hydrogens is 1050 g/mol. The fourth-order valence-corrected chi connectivity index (χ4v) is 11.9. The number of nitrogens with one attached hydrogen (secondary N) is 7. The number of aromatic nitrogens is 2. The summed E-state index contributed by atoms with van der Waals surface area (Å²) in [6, 6.07) is 10.1. The number of nitrogens with zero attached hydrogens (tertiary/aromatic N) is 4. The predicted molar refractivity (Wildman–Crippen MR) is 308 cm³/mol. The molecule has 2 fully saturated rings. The van der Waals surface area contributed by atoms with Crippen molar-refractivity contribution >= 4 is 94.8 Å². The Bertz CT molecular complexity index is 2990. The molecule has 6 heterocycles. The number of hydrazine groups is 2. The van der Waals surface area contributed by atoms with Crippen molar-refractivity contribution in [2.24, 2.45) is 11.8 Å². The first-order valence-corrected chi connectivity index (χ1v) is 29.9. The summed E-state index contributed by atoms with van der Waals surface area (Å²) in [6.07, 6.45) is 11.8. The third-order valence-corrected chi connectivity index (χ3v) is 16.6. The topological polar surface area (TPSA) is 279 Å². The van der Waals surface area contributed by atoms with Crippen molar-refractivity contribution in [2.75, 3.05) is 24.6 Å². The lowest BCUT2D eigenvalue weighted by Gasteiger charge is -2.35. The molecule has 9 atom stereocenters. The molecule has 2 aromatic carbocycles. The smallest absolute Gasteiger partial charge is 0.325 e. The van der Waals surface area contributed by atoms with Gasteiger partial charge in [-0.3, -0.25) is 53.0 Å². The highest BCUT2D eigenvalue weighted by Crippen LogP contribution is 2.26. The van der Waals surface area contributed by atoms with Gasteiger partial charge in [0, 0.05) is 51.7 Å². The van der Waals surface area contributed by atoms with Crippen LogP contribution in [0.25, 0.3) is 33.7 Å². The van der Waals surface area contributed by atoms with Crippen LogP contribution in [0, 0.1) is 11.8 Å². The van der Waals surface area contributed by atoms with Crippen molar-refractivity contribution < 1.29 is 46.1 Å². The average Bonchev–Trinajstić information content (AvgIpc) is 3.41. The van der Waals surface area contributed by atoms with Gasteiger partial charge in [0.1, 0.15) is 36.3 Å². The van der Waals surface area contributed by atoms with Gasteiger partial charge in [-0.05, 0) is 129 Å². The van der Waals surface area contributed by atoms with Gasteiger partial charge in [-0.25, -0.2) is 28.7 Å². The zero-order valence-corrected chi connectivity index (χ0v) is 47.0. The Balaban J connectivity index is 0.000000252. The van der Waals surface area contributed by atoms with Crippen LogP contribution >= 0.6 is 0 Å². The molecule has 10 bridgehead atoms. The molecule has 5 amide bonds. The van der Waals surface area contributed by atoms with Crippen molar-refractivity contribution in [3.8, 4) is 0 Å². The molecule has 1 unspecified atom stereocenters. The summed E-state index contributed by atoms with van der Waals surface area (Å²) in [5, 5.41) is 14.8. The number of benzene rings is 2. The Morgan fingerprint density at radius 2 is 1.06 bits per heavy atom. The number of rotatable bonds is 2. The number of fused-ring (bicyclic) bond motifs is 8. The lowest BCUT2D eigenvalue weighted by atomic mass is 10.0. The van der Waals surface area contributed by atoms with Crippen LogP contribution in [-0.2, 0) is 53.2 Å². The number of pyridine rings is 2. The second-order valence-corrected chi connectivity index (χ2v) is 25.1. The fourth-order valence-electron chi connectivity index (χ4n) is 9.35. The number of hydrogen-bond donors (Lipinski definition) is 7. The molecule has 8 rings (SSSR count). The van der Waals surface area contributed by atoms with Gasteiger partial charge in [0.05, 0.1) is 29.2 Å². The molecule has 23 heteroatoms. The maximum absolute atomic E-state index is 13.3. The van der Waals surface area contributed by atoms with E-state index in [0.717, 1.165) is 32.7 Å². The van der Waals surface area contributed by atoms with E-state index in [9.17, 15) is 41.4 Å². The summed E-state index contributed by atoms with van der Waals surface area (Å²) in [7, 11) is -6.73. The zero-order valence-electron chi connectivity index (χ0n) is 45.4. The van der Waals surface area contributed by atoms with E-state index in [0.29, 0.717) is 50.2 Å². The summed E-state index contributed by atoms with van der Waals surface area (Å²) in [6.45, 7) is 14.7. The molecule has 0 saturated carbocycles. The van der Waals surface area contributed by atoms with Gasteiger partial charge in [0.15, 0.2) is 0 Å². The van der Waals surface area contributed by atoms with Crippen molar-refractivity contribution in [3.63, 3.8) is 0 Å². The van der Waals surface area contributed by atoms with Crippen LogP contribution in [0.2, 0.25) is 0 Å². The minimum Gasteiger partial charge on any atom is -0.457 e. The van der Waals surface area contributed by atoms with Gasteiger partial charge in [-0.2, -0.15) is 0 Å². The minimum atomic E-state index is -3.87. The van der Waals surface area contributed by atoms with Gasteiger partial charge >= 0.3 is 5.97 Å². The summed E-state index contributed by atoms with van der Waals surface area (Å²) in [5.74, 6) is 0.474. The first kappa shape index (κ1) is 61.6. The van der Waals surface area contributed by atoms with Gasteiger partial charge in [-0.15, -0.1) is 0 Å². The minimum absolute atomic E-state index is 0. The largest absolute Gasteiger partial charge is 0.457 e. The Hall–Kier alpha value is -6.63. The van der Waals surface area contributed by atoms with E-state index in [1.54, 1.807) is 58.3 Å². The van der Waals surface area contributed by atoms with Gasteiger partial charge in [0.25, 0.3) is 11.8 Å². The van der Waals surface area contributed by atoms with Crippen LogP contribution in [-0.4, -0.2) is 135 Å². The SMILES string of the molecule is C.C=S1(=O)C/C=C/c2cc3cc(ccc3cn2)[C@@H](C)NC(=O)[C@@H]2CCCN(N2)C(=O)[C@H](C)NC(=O)[C@H](C(C)C)N1.CC(C)[C@@H]1NS(=O)(=O)C/C=C/c2cc3cc(ccc3cn2)[C@@H](C)OC(=O)[C@@H]2CCCN(N2)C(=O)[C@H](C)NC1=O. The van der Waals surface area contributed by atoms with Crippen LogP contribution in [0.4, 0.5) is 0 Å². The lowest BCUT2D eigenvalue weighted by molar-refractivity contribution is -0.157. The third kappa shape index (κ3) is 16.3. The van der Waals surface area contributed by atoms with Crippen LogP contribution < -0.4 is 36.2 Å². The van der Waals surface area contributed by atoms with E-state index in [1.807, 2.05) is 69.3 Å². The highest BCUT2D eigenvalue weighted by Gasteiger charge is 2.36. The van der Waals surface area contributed by atoms with E-state index in [2.05, 4.69) is 52.1 Å². The maximum atomic E-state index is 13.3. The number of hydrogen-bond acceptors (Lipinski definition) is 14. The van der Waals surface area contributed by atoms with E-state index in [1.165, 1.54) is 23.0 Å². The van der Waals surface area contributed by atoms with Crippen molar-refractivity contribution in [3.05, 3.63) is 95.6 Å². The van der Waals surface area contributed by atoms with Crippen LogP contribution in [0.3, 0.4) is 0 Å². The second-order valence-electron chi connectivity index (χ2n) is 21.1. The third-order valence-electron chi connectivity index (χ3n) is 13.9. The van der Waals surface area contributed by atoms with Crippen molar-refractivity contribution in [1.82, 2.24) is 56.2 Å². The van der Waals surface area contributed by atoms with E-state index in [-0.39, 0.29) is 48.6 Å². The molecule has 21 nitrogen and oxygen atoms in total. The first-order chi connectivity index (χ1) is 36.9. The number of cyclic esters (lactones) is 1. The fraction of sp³-hybridized carbons (Fsp3) is 0.482. The van der Waals surface area contributed by atoms with Crippen molar-refractivity contribution in [2.45, 2.75) is 137 Å². The molecule has 4 aromatic rings. The number of carbonyl (C=O) groups is 6. The number of carbonyl (C=O) groups excluding carboxylic acids is 6. The van der Waals surface area contributed by atoms with Gasteiger partial charge in [-0.1, -0.05) is 71.5 Å². The van der Waals surface area contributed by atoms with E-state index in [4.69, 9.17) is 4.74 Å². The molecule has 79 heavy (non-hydrogen) atoms. The summed E-state index contributed by atoms with van der Waals surface area (Å²) >= 11 is 0. The Morgan fingerprint density at radius 3 is 1.61 bits per heavy atom. The van der Waals surface area contributed by atoms with E-state index < -0.39 is 85.8 Å². The van der Waals surface area contributed by atoms with Crippen LogP contribution in [0.5, 0.6) is 0 Å². The highest BCUT2D eigenvalue weighted by atomic mass is 32.2. The number of sulfonamides is 1. The summed E-state index contributed by atoms with van der Waals surface area (Å²) in [5.41, 5.74) is 8.95. The van der Waals surface area contributed by atoms with Gasteiger partial charge in [0.2, 0.25) is 27.7 Å². The molecular formula is C56H77N11O10S2. The molecule has 4 aliphatic rings. The van der Waals surface area contributed by atoms with Crippen LogP contribution in [0.1, 0.15) is 123 Å². The molecule has 0 radical (unpaired) electrons. The number of ether oxygens (including phenoxy) is 1. The standard InChI is InChI=1S/C28H38N6O4S.C27H35N5O6S.CH4/c1-17(2)25-27(36)31-19(4)28(37)34-12-6-9-24(32-34)26(35)30-18(3)20-10-11-21-16-29-23(15-22(21)14-20)8-7-13-39(5,38)33-25;1-16(2)24-25(33)29-17(3)26(34)32-11-5-8-23(30-32)27(35)38-18(4)19-9-10-20-15-28-22(14-21(20)13-19)7-6-12-39(36,37)31-24;/h7-8,10-11,14-19,24-25,32H,5-6,9,12-13H2,1-4H3,(H,30,35)(H,31,36)(H,33,38);6-7,9-10,13-18,23-24,30-31H,5,8,11-12H2,1-4H3,(H,29,33);1H4/b8-7+;7-6+;/t18-,19+,24+,25+,39?;17-,18+,23-,24-;/m10./s1. The molecule has 428 valence electrons. The lowest BCUT2D eigenvalue weighted by Crippen LogP contribution is -2.62. The molecule has 2 aromatic heterocycles. The predicted octanol–water partition coefficient (Wildman–Crippen LogP) is 4.13. The Kier molecular flexibility index (Phi) is 20.7. The monoisotopic (exact) mass is 1130 g/mol. The molecule has 0 spiro atoms. The number of amides is 5. The quantitative estimate of drug-likeness (QED) is 0.110.